The monoisotopic (exact) mass is 241 g/mol. The Labute approximate surface area is 104 Å². The van der Waals surface area contributed by atoms with E-state index in [1.807, 2.05) is 40.1 Å². The van der Waals surface area contributed by atoms with E-state index in [4.69, 9.17) is 4.74 Å². The van der Waals surface area contributed by atoms with Gasteiger partial charge in [-0.1, -0.05) is 20.8 Å². The lowest BCUT2D eigenvalue weighted by Crippen LogP contribution is -1.98. The molecule has 92 valence electrons. The molecule has 0 heterocycles. The quantitative estimate of drug-likeness (QED) is 0.721. The second kappa shape index (κ2) is 9.55. The molecule has 1 rings (SSSR count). The molecule has 0 atom stereocenters. The standard InChI is InChI=1S/C11H17NOS.C2H6/c1-4-9-13-10-5-7-11(8-6-10)14-12(2)3;1-2/h5-8H,4,9H2,1-3H3;1-2H3. The zero-order chi connectivity index (χ0) is 12.4. The van der Waals surface area contributed by atoms with Crippen LogP contribution in [0.25, 0.3) is 0 Å². The summed E-state index contributed by atoms with van der Waals surface area (Å²) in [5, 5.41) is 0. The van der Waals surface area contributed by atoms with Crippen LogP contribution in [0.1, 0.15) is 27.2 Å². The van der Waals surface area contributed by atoms with E-state index in [0.717, 1.165) is 18.8 Å². The third-order valence-electron chi connectivity index (χ3n) is 1.58. The van der Waals surface area contributed by atoms with E-state index in [0.29, 0.717) is 0 Å². The summed E-state index contributed by atoms with van der Waals surface area (Å²) in [6, 6.07) is 8.19. The van der Waals surface area contributed by atoms with Gasteiger partial charge in [-0.15, -0.1) is 0 Å². The van der Waals surface area contributed by atoms with Crippen LogP contribution in [0.3, 0.4) is 0 Å². The zero-order valence-electron chi connectivity index (χ0n) is 11.0. The van der Waals surface area contributed by atoms with Crippen molar-refractivity contribution in [2.24, 2.45) is 0 Å². The first-order valence-electron chi connectivity index (χ1n) is 5.80. The van der Waals surface area contributed by atoms with E-state index < -0.39 is 0 Å². The van der Waals surface area contributed by atoms with Crippen LogP contribution >= 0.6 is 11.9 Å². The van der Waals surface area contributed by atoms with E-state index in [2.05, 4.69) is 23.4 Å². The van der Waals surface area contributed by atoms with Crippen LogP contribution in [-0.2, 0) is 0 Å². The van der Waals surface area contributed by atoms with Crippen molar-refractivity contribution in [3.8, 4) is 5.75 Å². The second-order valence-corrected chi connectivity index (χ2v) is 4.61. The number of ether oxygens (including phenoxy) is 1. The second-order valence-electron chi connectivity index (χ2n) is 3.22. The first kappa shape index (κ1) is 15.3. The summed E-state index contributed by atoms with van der Waals surface area (Å²) in [5.41, 5.74) is 0. The number of rotatable bonds is 5. The van der Waals surface area contributed by atoms with Crippen molar-refractivity contribution >= 4 is 11.9 Å². The summed E-state index contributed by atoms with van der Waals surface area (Å²) >= 11 is 1.71. The fourth-order valence-electron chi connectivity index (χ4n) is 1.03. The van der Waals surface area contributed by atoms with Crippen molar-refractivity contribution < 1.29 is 4.74 Å². The molecule has 0 unspecified atom stereocenters. The third-order valence-corrected chi connectivity index (χ3v) is 2.43. The largest absolute Gasteiger partial charge is 0.494 e. The smallest absolute Gasteiger partial charge is 0.119 e. The summed E-state index contributed by atoms with van der Waals surface area (Å²) in [4.78, 5) is 1.24. The highest BCUT2D eigenvalue weighted by Crippen LogP contribution is 2.22. The van der Waals surface area contributed by atoms with E-state index in [1.54, 1.807) is 11.9 Å². The van der Waals surface area contributed by atoms with Crippen molar-refractivity contribution in [3.05, 3.63) is 24.3 Å². The molecule has 0 N–H and O–H groups in total. The van der Waals surface area contributed by atoms with Gasteiger partial charge in [-0.2, -0.15) is 0 Å². The van der Waals surface area contributed by atoms with Crippen LogP contribution in [0.4, 0.5) is 0 Å². The van der Waals surface area contributed by atoms with Gasteiger partial charge in [0.05, 0.1) is 6.61 Å². The Balaban J connectivity index is 0.00000106. The summed E-state index contributed by atoms with van der Waals surface area (Å²) in [6.07, 6.45) is 1.05. The number of hydrogen-bond donors (Lipinski definition) is 0. The predicted octanol–water partition coefficient (Wildman–Crippen LogP) is 4.07. The van der Waals surface area contributed by atoms with Gasteiger partial charge in [0.15, 0.2) is 0 Å². The van der Waals surface area contributed by atoms with Gasteiger partial charge >= 0.3 is 0 Å². The lowest BCUT2D eigenvalue weighted by atomic mass is 10.3. The van der Waals surface area contributed by atoms with Crippen LogP contribution in [-0.4, -0.2) is 25.0 Å². The lowest BCUT2D eigenvalue weighted by molar-refractivity contribution is 0.317. The highest BCUT2D eigenvalue weighted by Gasteiger charge is 1.97. The van der Waals surface area contributed by atoms with Gasteiger partial charge in [0.1, 0.15) is 5.75 Å². The highest BCUT2D eigenvalue weighted by atomic mass is 32.2. The molecular formula is C13H23NOS. The van der Waals surface area contributed by atoms with Gasteiger partial charge < -0.3 is 4.74 Å². The fraction of sp³-hybridized carbons (Fsp3) is 0.538. The van der Waals surface area contributed by atoms with Crippen LogP contribution in [0.2, 0.25) is 0 Å². The first-order chi connectivity index (χ1) is 7.72. The van der Waals surface area contributed by atoms with Crippen molar-refractivity contribution in [1.29, 1.82) is 0 Å². The zero-order valence-corrected chi connectivity index (χ0v) is 11.8. The lowest BCUT2D eigenvalue weighted by Gasteiger charge is -2.09. The summed E-state index contributed by atoms with van der Waals surface area (Å²) in [6.45, 7) is 6.90. The van der Waals surface area contributed by atoms with Gasteiger partial charge in [-0.05, 0) is 56.7 Å². The number of hydrogen-bond acceptors (Lipinski definition) is 3. The predicted molar refractivity (Wildman–Crippen MR) is 73.1 cm³/mol. The molecule has 0 saturated carbocycles. The minimum atomic E-state index is 0.792. The summed E-state index contributed by atoms with van der Waals surface area (Å²) in [7, 11) is 4.07. The molecule has 3 heteroatoms. The van der Waals surface area contributed by atoms with Crippen molar-refractivity contribution in [2.75, 3.05) is 20.7 Å². The maximum absolute atomic E-state index is 5.49. The minimum Gasteiger partial charge on any atom is -0.494 e. The molecule has 0 radical (unpaired) electrons. The Morgan fingerprint density at radius 1 is 1.12 bits per heavy atom. The van der Waals surface area contributed by atoms with Crippen molar-refractivity contribution in [1.82, 2.24) is 4.31 Å². The molecule has 0 bridgehead atoms. The van der Waals surface area contributed by atoms with E-state index >= 15 is 0 Å². The molecule has 0 aliphatic rings. The normalized spacial score (nSPS) is 9.62. The molecule has 0 saturated heterocycles. The maximum Gasteiger partial charge on any atom is 0.119 e. The molecule has 0 aliphatic heterocycles. The van der Waals surface area contributed by atoms with Crippen molar-refractivity contribution in [3.63, 3.8) is 0 Å². The Kier molecular flexibility index (Phi) is 9.15. The van der Waals surface area contributed by atoms with Crippen LogP contribution < -0.4 is 4.74 Å². The molecule has 16 heavy (non-hydrogen) atoms. The first-order valence-corrected chi connectivity index (χ1v) is 6.58. The molecule has 0 amide bonds. The average Bonchev–Trinajstić information content (AvgIpc) is 2.30. The molecule has 1 aromatic rings. The molecule has 2 nitrogen and oxygen atoms in total. The molecule has 0 spiro atoms. The van der Waals surface area contributed by atoms with E-state index in [-0.39, 0.29) is 0 Å². The Morgan fingerprint density at radius 2 is 1.69 bits per heavy atom. The van der Waals surface area contributed by atoms with Crippen molar-refractivity contribution in [2.45, 2.75) is 32.1 Å². The van der Waals surface area contributed by atoms with E-state index in [9.17, 15) is 0 Å². The fourth-order valence-corrected chi connectivity index (χ4v) is 1.71. The molecule has 1 aromatic carbocycles. The van der Waals surface area contributed by atoms with Gasteiger partial charge in [0.2, 0.25) is 0 Å². The Morgan fingerprint density at radius 3 is 2.12 bits per heavy atom. The van der Waals surface area contributed by atoms with Gasteiger partial charge in [0.25, 0.3) is 0 Å². The molecular weight excluding hydrogens is 218 g/mol. The maximum atomic E-state index is 5.49. The number of nitrogens with zero attached hydrogens (tertiary/aromatic N) is 1. The summed E-state index contributed by atoms with van der Waals surface area (Å²) in [5.74, 6) is 0.954. The molecule has 0 aliphatic carbocycles. The van der Waals surface area contributed by atoms with E-state index in [1.165, 1.54) is 4.90 Å². The number of benzene rings is 1. The highest BCUT2D eigenvalue weighted by molar-refractivity contribution is 7.97. The van der Waals surface area contributed by atoms with Crippen LogP contribution in [0.15, 0.2) is 29.2 Å². The molecule has 0 fully saturated rings. The summed E-state index contributed by atoms with van der Waals surface area (Å²) < 4.78 is 7.56. The molecule has 0 aromatic heterocycles. The van der Waals surface area contributed by atoms with Gasteiger partial charge in [-0.25, -0.2) is 0 Å². The SMILES string of the molecule is CC.CCCOc1ccc(SN(C)C)cc1. The van der Waals surface area contributed by atoms with Crippen LogP contribution in [0.5, 0.6) is 5.75 Å². The third kappa shape index (κ3) is 6.75. The Hall–Kier alpha value is -0.670. The van der Waals surface area contributed by atoms with Gasteiger partial charge in [-0.3, -0.25) is 4.31 Å². The minimum absolute atomic E-state index is 0.792. The topological polar surface area (TPSA) is 12.5 Å². The average molecular weight is 241 g/mol. The Bertz CT molecular complexity index is 259. The van der Waals surface area contributed by atoms with Crippen LogP contribution in [0, 0.1) is 0 Å². The van der Waals surface area contributed by atoms with Gasteiger partial charge in [0, 0.05) is 4.90 Å².